The van der Waals surface area contributed by atoms with E-state index in [-0.39, 0.29) is 36.2 Å². The maximum atomic E-state index is 13.9. The molecule has 2 heterocycles. The lowest BCUT2D eigenvalue weighted by Crippen LogP contribution is -2.50. The van der Waals surface area contributed by atoms with Gasteiger partial charge in [-0.2, -0.15) is 0 Å². The molecular formula is C19H22FN3O4S. The van der Waals surface area contributed by atoms with Gasteiger partial charge in [-0.3, -0.25) is 14.4 Å². The third-order valence-electron chi connectivity index (χ3n) is 4.70. The molecule has 1 saturated heterocycles. The number of ether oxygens (including phenoxy) is 1. The van der Waals surface area contributed by atoms with Crippen molar-refractivity contribution in [3.05, 3.63) is 50.8 Å². The van der Waals surface area contributed by atoms with Crippen molar-refractivity contribution in [1.82, 2.24) is 9.47 Å². The minimum atomic E-state index is -0.518. The summed E-state index contributed by atoms with van der Waals surface area (Å²) in [5.74, 6) is -1.07. The van der Waals surface area contributed by atoms with Crippen LogP contribution in [0.4, 0.5) is 10.1 Å². The van der Waals surface area contributed by atoms with E-state index in [0.29, 0.717) is 31.9 Å². The quantitative estimate of drug-likeness (QED) is 0.681. The van der Waals surface area contributed by atoms with Gasteiger partial charge in [0, 0.05) is 43.8 Å². The molecule has 1 aromatic heterocycles. The number of anilines is 1. The Labute approximate surface area is 165 Å². The zero-order valence-corrected chi connectivity index (χ0v) is 16.4. The first-order valence-electron chi connectivity index (χ1n) is 9.03. The molecule has 0 spiro atoms. The summed E-state index contributed by atoms with van der Waals surface area (Å²) in [6, 6.07) is 6.55. The SMILES string of the molecule is Cc1csc(=O)n1CCC(=O)OCC(=O)N1CCN(c2ccccc2F)CC1. The molecule has 0 aliphatic carbocycles. The highest BCUT2D eigenvalue weighted by Gasteiger charge is 2.23. The van der Waals surface area contributed by atoms with Gasteiger partial charge in [-0.1, -0.05) is 23.5 Å². The molecule has 2 aromatic rings. The fourth-order valence-corrected chi connectivity index (χ4v) is 3.85. The summed E-state index contributed by atoms with van der Waals surface area (Å²) in [4.78, 5) is 39.1. The van der Waals surface area contributed by atoms with Crippen molar-refractivity contribution < 1.29 is 18.7 Å². The topological polar surface area (TPSA) is 71.8 Å². The molecule has 9 heteroatoms. The molecule has 1 fully saturated rings. The second-order valence-corrected chi connectivity index (χ2v) is 7.35. The Kier molecular flexibility index (Phi) is 6.45. The van der Waals surface area contributed by atoms with Crippen LogP contribution in [0.5, 0.6) is 0 Å². The molecule has 28 heavy (non-hydrogen) atoms. The Hall–Kier alpha value is -2.68. The monoisotopic (exact) mass is 407 g/mol. The molecule has 0 saturated carbocycles. The number of hydrogen-bond acceptors (Lipinski definition) is 6. The molecule has 1 amide bonds. The van der Waals surface area contributed by atoms with Gasteiger partial charge >= 0.3 is 10.8 Å². The molecule has 0 bridgehead atoms. The van der Waals surface area contributed by atoms with E-state index in [1.807, 2.05) is 4.90 Å². The van der Waals surface area contributed by atoms with E-state index in [2.05, 4.69) is 0 Å². The Balaban J connectivity index is 1.41. The molecule has 0 unspecified atom stereocenters. The Morgan fingerprint density at radius 3 is 2.54 bits per heavy atom. The maximum absolute atomic E-state index is 13.9. The van der Waals surface area contributed by atoms with E-state index in [1.165, 1.54) is 10.6 Å². The minimum Gasteiger partial charge on any atom is -0.456 e. The first kappa shape index (κ1) is 20.1. The lowest BCUT2D eigenvalue weighted by molar-refractivity contribution is -0.152. The number of benzene rings is 1. The predicted octanol–water partition coefficient (Wildman–Crippen LogP) is 1.64. The van der Waals surface area contributed by atoms with Gasteiger partial charge in [0.2, 0.25) is 0 Å². The van der Waals surface area contributed by atoms with E-state index >= 15 is 0 Å². The van der Waals surface area contributed by atoms with Crippen LogP contribution in [-0.2, 0) is 20.9 Å². The number of piperazine rings is 1. The first-order valence-corrected chi connectivity index (χ1v) is 9.91. The summed E-state index contributed by atoms with van der Waals surface area (Å²) in [6.07, 6.45) is 0.0336. The zero-order valence-electron chi connectivity index (χ0n) is 15.6. The standard InChI is InChI=1S/C19H22FN3O4S/c1-14-13-28-19(26)23(14)7-6-18(25)27-12-17(24)22-10-8-21(9-11-22)16-5-3-2-4-15(16)20/h2-5,13H,6-12H2,1H3. The summed E-state index contributed by atoms with van der Waals surface area (Å²) in [5, 5.41) is 1.73. The number of para-hydroxylation sites is 1. The van der Waals surface area contributed by atoms with Crippen molar-refractivity contribution in [2.75, 3.05) is 37.7 Å². The van der Waals surface area contributed by atoms with Crippen molar-refractivity contribution in [3.63, 3.8) is 0 Å². The van der Waals surface area contributed by atoms with Crippen LogP contribution >= 0.6 is 11.3 Å². The number of aromatic nitrogens is 1. The smallest absolute Gasteiger partial charge is 0.308 e. The first-order chi connectivity index (χ1) is 13.5. The molecule has 150 valence electrons. The van der Waals surface area contributed by atoms with Crippen LogP contribution in [0.2, 0.25) is 0 Å². The Bertz CT molecular complexity index is 903. The van der Waals surface area contributed by atoms with Crippen molar-refractivity contribution in [3.8, 4) is 0 Å². The average molecular weight is 407 g/mol. The van der Waals surface area contributed by atoms with E-state index in [0.717, 1.165) is 17.0 Å². The fourth-order valence-electron chi connectivity index (χ4n) is 3.09. The second kappa shape index (κ2) is 9.01. The van der Waals surface area contributed by atoms with E-state index in [1.54, 1.807) is 35.4 Å². The van der Waals surface area contributed by atoms with Crippen molar-refractivity contribution in [1.29, 1.82) is 0 Å². The Morgan fingerprint density at radius 2 is 1.89 bits per heavy atom. The van der Waals surface area contributed by atoms with Crippen molar-refractivity contribution in [2.24, 2.45) is 0 Å². The van der Waals surface area contributed by atoms with Crippen LogP contribution in [0.1, 0.15) is 12.1 Å². The highest BCUT2D eigenvalue weighted by molar-refractivity contribution is 7.07. The zero-order chi connectivity index (χ0) is 20.1. The molecule has 0 atom stereocenters. The van der Waals surface area contributed by atoms with Crippen LogP contribution in [0.3, 0.4) is 0 Å². The van der Waals surface area contributed by atoms with Gasteiger partial charge in [0.15, 0.2) is 6.61 Å². The summed E-state index contributed by atoms with van der Waals surface area (Å²) in [7, 11) is 0. The number of thiazole rings is 1. The largest absolute Gasteiger partial charge is 0.456 e. The number of halogens is 1. The molecule has 1 aliphatic heterocycles. The van der Waals surface area contributed by atoms with Gasteiger partial charge in [0.25, 0.3) is 5.91 Å². The lowest BCUT2D eigenvalue weighted by atomic mass is 10.2. The van der Waals surface area contributed by atoms with Gasteiger partial charge < -0.3 is 19.1 Å². The summed E-state index contributed by atoms with van der Waals surface area (Å²) >= 11 is 1.09. The fraction of sp³-hybridized carbons (Fsp3) is 0.421. The highest BCUT2D eigenvalue weighted by Crippen LogP contribution is 2.20. The third-order valence-corrected chi connectivity index (χ3v) is 5.58. The summed E-state index contributed by atoms with van der Waals surface area (Å²) < 4.78 is 20.4. The van der Waals surface area contributed by atoms with E-state index < -0.39 is 5.97 Å². The number of rotatable bonds is 6. The molecular weight excluding hydrogens is 385 g/mol. The van der Waals surface area contributed by atoms with Crippen LogP contribution in [0.15, 0.2) is 34.4 Å². The highest BCUT2D eigenvalue weighted by atomic mass is 32.1. The van der Waals surface area contributed by atoms with E-state index in [9.17, 15) is 18.8 Å². The van der Waals surface area contributed by atoms with E-state index in [4.69, 9.17) is 4.74 Å². The number of hydrogen-bond donors (Lipinski definition) is 0. The number of amides is 1. The van der Waals surface area contributed by atoms with Gasteiger partial charge in [0.1, 0.15) is 5.82 Å². The normalized spacial score (nSPS) is 14.2. The van der Waals surface area contributed by atoms with Crippen LogP contribution in [0.25, 0.3) is 0 Å². The van der Waals surface area contributed by atoms with Gasteiger partial charge in [-0.15, -0.1) is 0 Å². The maximum Gasteiger partial charge on any atom is 0.308 e. The molecule has 0 N–H and O–H groups in total. The molecule has 1 aliphatic rings. The number of carbonyl (C=O) groups excluding carboxylic acids is 2. The van der Waals surface area contributed by atoms with Gasteiger partial charge in [-0.25, -0.2) is 4.39 Å². The molecule has 3 rings (SSSR count). The molecule has 7 nitrogen and oxygen atoms in total. The lowest BCUT2D eigenvalue weighted by Gasteiger charge is -2.36. The van der Waals surface area contributed by atoms with Crippen LogP contribution in [0, 0.1) is 12.7 Å². The van der Waals surface area contributed by atoms with Crippen molar-refractivity contribution in [2.45, 2.75) is 19.9 Å². The van der Waals surface area contributed by atoms with Crippen molar-refractivity contribution >= 4 is 28.9 Å². The predicted molar refractivity (Wildman–Crippen MR) is 104 cm³/mol. The molecule has 1 aromatic carbocycles. The van der Waals surface area contributed by atoms with Crippen LogP contribution in [-0.4, -0.2) is 54.1 Å². The second-order valence-electron chi connectivity index (χ2n) is 6.52. The minimum absolute atomic E-state index is 0.0336. The summed E-state index contributed by atoms with van der Waals surface area (Å²) in [5.41, 5.74) is 1.33. The number of carbonyl (C=O) groups is 2. The number of nitrogens with zero attached hydrogens (tertiary/aromatic N) is 3. The Morgan fingerprint density at radius 1 is 1.18 bits per heavy atom. The van der Waals surface area contributed by atoms with Crippen LogP contribution < -0.4 is 9.77 Å². The average Bonchev–Trinajstić information content (AvgIpc) is 3.02. The number of esters is 1. The number of aryl methyl sites for hydroxylation is 1. The summed E-state index contributed by atoms with van der Waals surface area (Å²) in [6.45, 7) is 3.62. The van der Waals surface area contributed by atoms with Gasteiger partial charge in [0.05, 0.1) is 12.1 Å². The molecule has 0 radical (unpaired) electrons. The van der Waals surface area contributed by atoms with Gasteiger partial charge in [-0.05, 0) is 19.1 Å². The third kappa shape index (κ3) is 4.78.